The summed E-state index contributed by atoms with van der Waals surface area (Å²) in [6.45, 7) is 2.13. The Bertz CT molecular complexity index is 525. The summed E-state index contributed by atoms with van der Waals surface area (Å²) >= 11 is 6.38. The maximum Gasteiger partial charge on any atom is 0.314 e. The topological polar surface area (TPSA) is 40.5 Å². The molecule has 1 aromatic carbocycles. The van der Waals surface area contributed by atoms with Crippen LogP contribution in [0, 0.1) is 0 Å². The first-order chi connectivity index (χ1) is 9.03. The van der Waals surface area contributed by atoms with Gasteiger partial charge in [-0.1, -0.05) is 23.7 Å². The highest BCUT2D eigenvalue weighted by molar-refractivity contribution is 6.31. The summed E-state index contributed by atoms with van der Waals surface area (Å²) in [5.41, 5.74) is 1.37. The van der Waals surface area contributed by atoms with Crippen LogP contribution < -0.4 is 0 Å². The molecule has 1 saturated carbocycles. The minimum atomic E-state index is -0.725. The molecular formula is C15H18ClNO2. The second kappa shape index (κ2) is 4.50. The summed E-state index contributed by atoms with van der Waals surface area (Å²) in [4.78, 5) is 13.6. The summed E-state index contributed by atoms with van der Waals surface area (Å²) in [6, 6.07) is 5.86. The first-order valence-corrected chi connectivity index (χ1v) is 7.12. The second-order valence-electron chi connectivity index (χ2n) is 5.87. The van der Waals surface area contributed by atoms with Gasteiger partial charge in [0.25, 0.3) is 0 Å². The molecule has 1 atom stereocenters. The van der Waals surface area contributed by atoms with Crippen LogP contribution in [0.5, 0.6) is 0 Å². The van der Waals surface area contributed by atoms with Gasteiger partial charge in [-0.25, -0.2) is 0 Å². The zero-order valence-corrected chi connectivity index (χ0v) is 11.8. The van der Waals surface area contributed by atoms with Gasteiger partial charge in [-0.05, 0) is 56.0 Å². The molecule has 2 fully saturated rings. The fourth-order valence-corrected chi connectivity index (χ4v) is 3.43. The average molecular weight is 280 g/mol. The Labute approximate surface area is 118 Å². The summed E-state index contributed by atoms with van der Waals surface area (Å²) in [5, 5.41) is 10.0. The Hall–Kier alpha value is -1.06. The fourth-order valence-electron chi connectivity index (χ4n) is 3.10. The lowest BCUT2D eigenvalue weighted by Gasteiger charge is -2.16. The summed E-state index contributed by atoms with van der Waals surface area (Å²) in [7, 11) is 2.12. The van der Waals surface area contributed by atoms with Crippen molar-refractivity contribution in [1.82, 2.24) is 4.90 Å². The standard InChI is InChI=1S/C15H18ClNO2/c1-17-7-4-10(9-17)12-3-2-11(8-13(12)16)15(5-6-15)14(18)19/h2-3,8,10H,4-7,9H2,1H3,(H,18,19). The fraction of sp³-hybridized carbons (Fsp3) is 0.533. The van der Waals surface area contributed by atoms with Crippen LogP contribution in [-0.4, -0.2) is 36.1 Å². The van der Waals surface area contributed by atoms with E-state index in [1.54, 1.807) is 0 Å². The van der Waals surface area contributed by atoms with E-state index in [2.05, 4.69) is 11.9 Å². The third-order valence-corrected chi connectivity index (χ3v) is 4.87. The number of hydrogen-bond acceptors (Lipinski definition) is 2. The highest BCUT2D eigenvalue weighted by Gasteiger charge is 2.51. The van der Waals surface area contributed by atoms with Crippen LogP contribution in [0.25, 0.3) is 0 Å². The number of carboxylic acid groups (broad SMARTS) is 1. The maximum atomic E-state index is 11.3. The second-order valence-corrected chi connectivity index (χ2v) is 6.28. The average Bonchev–Trinajstić information content (AvgIpc) is 3.07. The summed E-state index contributed by atoms with van der Waals surface area (Å²) < 4.78 is 0. The van der Waals surface area contributed by atoms with Crippen molar-refractivity contribution in [3.63, 3.8) is 0 Å². The molecule has 1 heterocycles. The van der Waals surface area contributed by atoms with E-state index >= 15 is 0 Å². The van der Waals surface area contributed by atoms with Crippen LogP contribution in [0.2, 0.25) is 5.02 Å². The van der Waals surface area contributed by atoms with Gasteiger partial charge in [-0.3, -0.25) is 4.79 Å². The number of likely N-dealkylation sites (N-methyl/N-ethyl adjacent to an activating group) is 1. The van der Waals surface area contributed by atoms with Crippen molar-refractivity contribution in [3.05, 3.63) is 34.3 Å². The molecule has 4 heteroatoms. The molecule has 0 radical (unpaired) electrons. The summed E-state index contributed by atoms with van der Waals surface area (Å²) in [6.07, 6.45) is 2.58. The molecule has 1 unspecified atom stereocenters. The quantitative estimate of drug-likeness (QED) is 0.925. The first-order valence-electron chi connectivity index (χ1n) is 6.75. The zero-order valence-electron chi connectivity index (χ0n) is 11.0. The van der Waals surface area contributed by atoms with E-state index in [1.807, 2.05) is 18.2 Å². The van der Waals surface area contributed by atoms with Crippen LogP contribution in [0.15, 0.2) is 18.2 Å². The number of halogens is 1. The molecule has 1 aromatic rings. The Morgan fingerprint density at radius 3 is 2.68 bits per heavy atom. The van der Waals surface area contributed by atoms with E-state index in [1.165, 1.54) is 0 Å². The molecule has 3 nitrogen and oxygen atoms in total. The monoisotopic (exact) mass is 279 g/mol. The molecule has 102 valence electrons. The largest absolute Gasteiger partial charge is 0.481 e. The van der Waals surface area contributed by atoms with E-state index in [4.69, 9.17) is 11.6 Å². The molecule has 1 aliphatic carbocycles. The SMILES string of the molecule is CN1CCC(c2ccc(C3(C(=O)O)CC3)cc2Cl)C1. The molecule has 0 spiro atoms. The van der Waals surface area contributed by atoms with E-state index < -0.39 is 11.4 Å². The van der Waals surface area contributed by atoms with E-state index in [9.17, 15) is 9.90 Å². The van der Waals surface area contributed by atoms with Gasteiger partial charge in [0.15, 0.2) is 0 Å². The van der Waals surface area contributed by atoms with Crippen LogP contribution in [0.3, 0.4) is 0 Å². The third kappa shape index (κ3) is 2.15. The number of aliphatic carboxylic acids is 1. The van der Waals surface area contributed by atoms with Crippen molar-refractivity contribution in [3.8, 4) is 0 Å². The molecular weight excluding hydrogens is 262 g/mol. The molecule has 0 amide bonds. The molecule has 2 aliphatic rings. The number of likely N-dealkylation sites (tertiary alicyclic amines) is 1. The summed E-state index contributed by atoms with van der Waals surface area (Å²) in [5.74, 6) is -0.247. The van der Waals surface area contributed by atoms with Gasteiger partial charge in [0.2, 0.25) is 0 Å². The minimum absolute atomic E-state index is 0.478. The van der Waals surface area contributed by atoms with E-state index in [-0.39, 0.29) is 0 Å². The van der Waals surface area contributed by atoms with E-state index in [0.717, 1.165) is 48.5 Å². The first kappa shape index (κ1) is 12.9. The lowest BCUT2D eigenvalue weighted by Crippen LogP contribution is -2.19. The Balaban J connectivity index is 1.88. The molecule has 3 rings (SSSR count). The predicted octanol–water partition coefficient (Wildman–Crippen LogP) is 2.88. The molecule has 1 N–H and O–H groups in total. The van der Waals surface area contributed by atoms with Crippen LogP contribution in [0.1, 0.15) is 36.3 Å². The minimum Gasteiger partial charge on any atom is -0.481 e. The molecule has 0 bridgehead atoms. The third-order valence-electron chi connectivity index (χ3n) is 4.54. The van der Waals surface area contributed by atoms with Crippen molar-refractivity contribution in [2.75, 3.05) is 20.1 Å². The number of carboxylic acids is 1. The van der Waals surface area contributed by atoms with Gasteiger partial charge in [-0.15, -0.1) is 0 Å². The van der Waals surface area contributed by atoms with Crippen LogP contribution in [-0.2, 0) is 10.2 Å². The number of carbonyl (C=O) groups is 1. The van der Waals surface area contributed by atoms with Crippen LogP contribution in [0.4, 0.5) is 0 Å². The smallest absolute Gasteiger partial charge is 0.314 e. The lowest BCUT2D eigenvalue weighted by molar-refractivity contribution is -0.140. The molecule has 19 heavy (non-hydrogen) atoms. The van der Waals surface area contributed by atoms with Gasteiger partial charge in [-0.2, -0.15) is 0 Å². The van der Waals surface area contributed by atoms with Crippen molar-refractivity contribution >= 4 is 17.6 Å². The van der Waals surface area contributed by atoms with Crippen molar-refractivity contribution < 1.29 is 9.90 Å². The van der Waals surface area contributed by atoms with Crippen molar-refractivity contribution in [2.24, 2.45) is 0 Å². The number of hydrogen-bond donors (Lipinski definition) is 1. The Kier molecular flexibility index (Phi) is 3.06. The highest BCUT2D eigenvalue weighted by atomic mass is 35.5. The number of nitrogens with zero attached hydrogens (tertiary/aromatic N) is 1. The maximum absolute atomic E-state index is 11.3. The Morgan fingerprint density at radius 2 is 2.21 bits per heavy atom. The van der Waals surface area contributed by atoms with Gasteiger partial charge < -0.3 is 10.0 Å². The Morgan fingerprint density at radius 1 is 1.47 bits per heavy atom. The van der Waals surface area contributed by atoms with Gasteiger partial charge in [0, 0.05) is 11.6 Å². The molecule has 0 aromatic heterocycles. The molecule has 1 saturated heterocycles. The number of benzene rings is 1. The normalized spacial score (nSPS) is 25.5. The molecule has 1 aliphatic heterocycles. The van der Waals surface area contributed by atoms with Gasteiger partial charge in [0.1, 0.15) is 0 Å². The highest BCUT2D eigenvalue weighted by Crippen LogP contribution is 2.49. The van der Waals surface area contributed by atoms with Gasteiger partial charge >= 0.3 is 5.97 Å². The van der Waals surface area contributed by atoms with Crippen molar-refractivity contribution in [1.29, 1.82) is 0 Å². The van der Waals surface area contributed by atoms with Crippen molar-refractivity contribution in [2.45, 2.75) is 30.6 Å². The van der Waals surface area contributed by atoms with Crippen LogP contribution >= 0.6 is 11.6 Å². The predicted molar refractivity (Wildman–Crippen MR) is 74.9 cm³/mol. The van der Waals surface area contributed by atoms with E-state index in [0.29, 0.717) is 5.92 Å². The van der Waals surface area contributed by atoms with Gasteiger partial charge in [0.05, 0.1) is 5.41 Å². The lowest BCUT2D eigenvalue weighted by atomic mass is 9.91. The number of rotatable bonds is 3. The zero-order chi connectivity index (χ0) is 13.6.